The molecule has 0 saturated heterocycles. The van der Waals surface area contributed by atoms with Crippen molar-refractivity contribution in [1.29, 1.82) is 5.26 Å². The monoisotopic (exact) mass is 951 g/mol. The molecule has 0 aliphatic rings. The molecule has 0 bridgehead atoms. The first kappa shape index (κ1) is 43.7. The molecule has 14 rings (SSSR count). The van der Waals surface area contributed by atoms with Gasteiger partial charge >= 0.3 is 0 Å². The van der Waals surface area contributed by atoms with Crippen LogP contribution in [-0.4, -0.2) is 18.3 Å². The average molecular weight is 952 g/mol. The molecule has 0 amide bonds. The molecule has 0 aliphatic heterocycles. The molecule has 0 fully saturated rings. The third kappa shape index (κ3) is 6.21. The van der Waals surface area contributed by atoms with Crippen LogP contribution in [0.15, 0.2) is 176 Å². The minimum Gasteiger partial charge on any atom is -0.306 e. The maximum absolute atomic E-state index is 12.9. The van der Waals surface area contributed by atoms with Crippen LogP contribution in [0.2, 0.25) is 0 Å². The molecule has 14 aromatic rings. The van der Waals surface area contributed by atoms with Crippen LogP contribution in [0, 0.1) is 66.7 Å². The van der Waals surface area contributed by atoms with Crippen molar-refractivity contribution in [2.75, 3.05) is 0 Å². The predicted molar refractivity (Wildman–Crippen MR) is 312 cm³/mol. The first-order valence-corrected chi connectivity index (χ1v) is 25.7. The van der Waals surface area contributed by atoms with Crippen molar-refractivity contribution < 1.29 is 0 Å². The number of fused-ring (bicyclic) bond motifs is 12. The number of aromatic nitrogens is 4. The van der Waals surface area contributed by atoms with Crippen LogP contribution in [-0.2, 0) is 0 Å². The van der Waals surface area contributed by atoms with Gasteiger partial charge in [0, 0.05) is 48.7 Å². The van der Waals surface area contributed by atoms with Gasteiger partial charge in [-0.2, -0.15) is 5.26 Å². The highest BCUT2D eigenvalue weighted by atomic mass is 15.1. The second kappa shape index (κ2) is 15.9. The molecule has 4 aromatic heterocycles. The van der Waals surface area contributed by atoms with Gasteiger partial charge in [0.2, 0.25) is 0 Å². The number of hydrogen-bond acceptors (Lipinski definition) is 1. The van der Waals surface area contributed by atoms with Crippen molar-refractivity contribution in [2.45, 2.75) is 55.4 Å². The van der Waals surface area contributed by atoms with Crippen LogP contribution in [0.4, 0.5) is 0 Å². The Morgan fingerprint density at radius 3 is 0.703 bits per heavy atom. The summed E-state index contributed by atoms with van der Waals surface area (Å²) in [6.45, 7) is 17.4. The van der Waals surface area contributed by atoms with Crippen LogP contribution in [0.5, 0.6) is 0 Å². The SMILES string of the molecule is Cc1ccc2c(c1)c1cc(C)ccc1n2-c1c(C#N)c(-n2c3ccc(C)cc3c3cc(C)ccc32)c(-n2c3ccc(C)cc3c3cc(C)ccc32)c(-c2ccccc2)c1-n1c2ccc(C)cc2c2cc(C)ccc21. The molecule has 0 atom stereocenters. The van der Waals surface area contributed by atoms with E-state index in [2.05, 4.69) is 256 Å². The predicted octanol–water partition coefficient (Wildman–Crippen LogP) is 18.1. The van der Waals surface area contributed by atoms with Crippen LogP contribution in [0.25, 0.3) is 121 Å². The molecule has 10 aromatic carbocycles. The van der Waals surface area contributed by atoms with Gasteiger partial charge < -0.3 is 18.3 Å². The molecule has 0 N–H and O–H groups in total. The third-order valence-electron chi connectivity index (χ3n) is 15.8. The highest BCUT2D eigenvalue weighted by Crippen LogP contribution is 2.52. The van der Waals surface area contributed by atoms with Crippen molar-refractivity contribution in [2.24, 2.45) is 0 Å². The van der Waals surface area contributed by atoms with Crippen molar-refractivity contribution in [3.05, 3.63) is 226 Å². The van der Waals surface area contributed by atoms with E-state index in [1.165, 1.54) is 66.1 Å². The van der Waals surface area contributed by atoms with Crippen molar-refractivity contribution in [1.82, 2.24) is 18.3 Å². The van der Waals surface area contributed by atoms with Crippen LogP contribution >= 0.6 is 0 Å². The van der Waals surface area contributed by atoms with E-state index >= 15 is 0 Å². The number of aryl methyl sites for hydroxylation is 8. The number of benzene rings is 10. The van der Waals surface area contributed by atoms with Gasteiger partial charge in [0.05, 0.1) is 66.9 Å². The molecule has 0 spiro atoms. The van der Waals surface area contributed by atoms with Gasteiger partial charge in [-0.05, 0) is 158 Å². The highest BCUT2D eigenvalue weighted by molar-refractivity contribution is 6.17. The Kier molecular flexibility index (Phi) is 9.41. The molecule has 0 saturated carbocycles. The summed E-state index contributed by atoms with van der Waals surface area (Å²) in [5.74, 6) is 0. The zero-order valence-electron chi connectivity index (χ0n) is 43.0. The maximum Gasteiger partial charge on any atom is 0.104 e. The summed E-state index contributed by atoms with van der Waals surface area (Å²) in [6, 6.07) is 68.7. The number of hydrogen-bond donors (Lipinski definition) is 0. The lowest BCUT2D eigenvalue weighted by Gasteiger charge is -2.29. The van der Waals surface area contributed by atoms with E-state index in [0.29, 0.717) is 5.56 Å². The van der Waals surface area contributed by atoms with Crippen molar-refractivity contribution in [3.8, 4) is 39.9 Å². The quantitative estimate of drug-likeness (QED) is 0.169. The summed E-state index contributed by atoms with van der Waals surface area (Å²) in [6.07, 6.45) is 0. The molecule has 354 valence electrons. The number of nitriles is 1. The highest BCUT2D eigenvalue weighted by Gasteiger charge is 2.35. The lowest BCUT2D eigenvalue weighted by Crippen LogP contribution is -2.16. The lowest BCUT2D eigenvalue weighted by atomic mass is 9.93. The third-order valence-corrected chi connectivity index (χ3v) is 15.8. The largest absolute Gasteiger partial charge is 0.306 e. The Balaban J connectivity index is 1.37. The normalized spacial score (nSPS) is 12.0. The molecule has 0 aliphatic carbocycles. The lowest BCUT2D eigenvalue weighted by molar-refractivity contribution is 1.03. The van der Waals surface area contributed by atoms with Crippen LogP contribution in [0.3, 0.4) is 0 Å². The Morgan fingerprint density at radius 1 is 0.270 bits per heavy atom. The van der Waals surface area contributed by atoms with E-state index in [0.717, 1.165) is 99.6 Å². The smallest absolute Gasteiger partial charge is 0.104 e. The zero-order valence-corrected chi connectivity index (χ0v) is 43.0. The summed E-state index contributed by atoms with van der Waals surface area (Å²) in [5, 5.41) is 22.1. The fraction of sp³-hybridized carbons (Fsp3) is 0.116. The van der Waals surface area contributed by atoms with Gasteiger partial charge in [-0.25, -0.2) is 0 Å². The van der Waals surface area contributed by atoms with E-state index in [-0.39, 0.29) is 0 Å². The van der Waals surface area contributed by atoms with Gasteiger partial charge in [0.15, 0.2) is 0 Å². The Bertz CT molecular complexity index is 4290. The van der Waals surface area contributed by atoms with E-state index in [1.54, 1.807) is 0 Å². The van der Waals surface area contributed by atoms with E-state index in [1.807, 2.05) is 0 Å². The summed E-state index contributed by atoms with van der Waals surface area (Å²) in [7, 11) is 0. The number of nitrogens with zero attached hydrogens (tertiary/aromatic N) is 5. The Morgan fingerprint density at radius 2 is 0.486 bits per heavy atom. The topological polar surface area (TPSA) is 43.5 Å². The minimum atomic E-state index is 0.568. The van der Waals surface area contributed by atoms with E-state index in [4.69, 9.17) is 0 Å². The molecule has 0 unspecified atom stereocenters. The summed E-state index contributed by atoms with van der Waals surface area (Å²) >= 11 is 0. The standard InChI is InChI=1S/C69H53N5/c1-39-14-22-57-48(30-39)49-31-40(2)15-23-58(49)71(57)66-56(38-70)67(72-59-24-16-41(3)32-50(59)51-33-42(4)17-25-60(51)72)69(74-63-28-20-45(7)36-54(63)55-37-46(8)21-29-64(55)74)65(47-12-10-9-11-13-47)68(66)73-61-26-18-43(5)34-52(61)53-35-44(6)19-27-62(53)73/h9-37H,1-8H3. The van der Waals surface area contributed by atoms with Crippen molar-refractivity contribution in [3.63, 3.8) is 0 Å². The minimum absolute atomic E-state index is 0.568. The van der Waals surface area contributed by atoms with Gasteiger partial charge in [-0.1, -0.05) is 123 Å². The molecule has 5 heteroatoms. The molecule has 0 radical (unpaired) electrons. The number of rotatable bonds is 5. The Labute approximate surface area is 430 Å². The fourth-order valence-corrected chi connectivity index (χ4v) is 12.5. The average Bonchev–Trinajstić information content (AvgIpc) is 4.15. The van der Waals surface area contributed by atoms with E-state index < -0.39 is 0 Å². The molecule has 74 heavy (non-hydrogen) atoms. The van der Waals surface area contributed by atoms with Crippen LogP contribution < -0.4 is 0 Å². The summed E-state index contributed by atoms with van der Waals surface area (Å²) in [5.41, 5.74) is 24.0. The molecule has 4 heterocycles. The van der Waals surface area contributed by atoms with Crippen molar-refractivity contribution >= 4 is 87.2 Å². The van der Waals surface area contributed by atoms with Gasteiger partial charge in [-0.15, -0.1) is 0 Å². The van der Waals surface area contributed by atoms with Crippen LogP contribution in [0.1, 0.15) is 50.1 Å². The molecular weight excluding hydrogens is 899 g/mol. The van der Waals surface area contributed by atoms with Gasteiger partial charge in [0.25, 0.3) is 0 Å². The second-order valence-corrected chi connectivity index (χ2v) is 21.1. The van der Waals surface area contributed by atoms with Gasteiger partial charge in [0.1, 0.15) is 11.6 Å². The summed E-state index contributed by atoms with van der Waals surface area (Å²) < 4.78 is 9.85. The van der Waals surface area contributed by atoms with Gasteiger partial charge in [-0.3, -0.25) is 0 Å². The van der Waals surface area contributed by atoms with E-state index in [9.17, 15) is 5.26 Å². The first-order valence-electron chi connectivity index (χ1n) is 25.7. The zero-order chi connectivity index (χ0) is 50.4. The maximum atomic E-state index is 12.9. The molecular formula is C69H53N5. The second-order valence-electron chi connectivity index (χ2n) is 21.1. The first-order chi connectivity index (χ1) is 35.9. The molecule has 5 nitrogen and oxygen atoms in total. The fourth-order valence-electron chi connectivity index (χ4n) is 12.5. The summed E-state index contributed by atoms with van der Waals surface area (Å²) in [4.78, 5) is 0. The Hall–Kier alpha value is -9.11.